The fraction of sp³-hybridized carbons (Fsp3) is 0.471. The summed E-state index contributed by atoms with van der Waals surface area (Å²) in [6.45, 7) is 20.1. The van der Waals surface area contributed by atoms with Crippen molar-refractivity contribution in [1.82, 2.24) is 0 Å². The van der Waals surface area contributed by atoms with Crippen LogP contribution in [0, 0.1) is 0 Å². The molecule has 0 bridgehead atoms. The van der Waals surface area contributed by atoms with Gasteiger partial charge in [-0.15, -0.1) is 0 Å². The number of aliphatic hydroxyl groups is 1. The third kappa shape index (κ3) is 6.75. The van der Waals surface area contributed by atoms with Gasteiger partial charge in [0.2, 0.25) is 0 Å². The van der Waals surface area contributed by atoms with Gasteiger partial charge in [-0.05, 0) is 115 Å². The maximum Gasteiger partial charge on any atom is 0.494 e. The Kier molecular flexibility index (Phi) is 8.88. The minimum absolute atomic E-state index is 0.385. The molecule has 1 fully saturated rings. The Hall–Kier alpha value is -2.57. The first kappa shape index (κ1) is 31.4. The highest BCUT2D eigenvalue weighted by molar-refractivity contribution is 6.62. The van der Waals surface area contributed by atoms with E-state index in [0.29, 0.717) is 5.92 Å². The third-order valence-corrected chi connectivity index (χ3v) is 9.12. The first-order valence-corrected chi connectivity index (χ1v) is 14.7. The van der Waals surface area contributed by atoms with Crippen molar-refractivity contribution in [1.29, 1.82) is 0 Å². The van der Waals surface area contributed by atoms with E-state index in [4.69, 9.17) is 14.0 Å². The van der Waals surface area contributed by atoms with E-state index in [-0.39, 0.29) is 11.2 Å². The molecule has 1 radical (unpaired) electrons. The smallest absolute Gasteiger partial charge is 0.427 e. The summed E-state index contributed by atoms with van der Waals surface area (Å²) >= 11 is 0. The Balaban J connectivity index is 1.63. The van der Waals surface area contributed by atoms with Crippen molar-refractivity contribution in [3.63, 3.8) is 0 Å². The summed E-state index contributed by atoms with van der Waals surface area (Å²) in [5.74, 6) is 0.514. The second-order valence-corrected chi connectivity index (χ2v) is 13.3. The highest BCUT2D eigenvalue weighted by Gasteiger charge is 2.51. The van der Waals surface area contributed by atoms with Crippen LogP contribution in [0.25, 0.3) is 0 Å². The first-order chi connectivity index (χ1) is 19.0. The van der Waals surface area contributed by atoms with Gasteiger partial charge in [-0.2, -0.15) is 0 Å². The molecular formula is C34H46B2NO4. The maximum atomic E-state index is 10.4. The van der Waals surface area contributed by atoms with Crippen molar-refractivity contribution >= 4 is 42.6 Å². The lowest BCUT2D eigenvalue weighted by atomic mass is 9.79. The number of hydrogen-bond donors (Lipinski definition) is 1. The van der Waals surface area contributed by atoms with E-state index in [9.17, 15) is 5.11 Å². The average Bonchev–Trinajstić information content (AvgIpc) is 3.14. The molecule has 4 rings (SSSR count). The van der Waals surface area contributed by atoms with E-state index < -0.39 is 18.3 Å². The van der Waals surface area contributed by atoms with Crippen molar-refractivity contribution < 1.29 is 19.1 Å². The summed E-state index contributed by atoms with van der Waals surface area (Å²) in [6.07, 6.45) is 1.10. The van der Waals surface area contributed by atoms with E-state index in [1.165, 1.54) is 5.56 Å². The van der Waals surface area contributed by atoms with Crippen LogP contribution in [0.1, 0.15) is 87.1 Å². The van der Waals surface area contributed by atoms with Crippen LogP contribution >= 0.6 is 0 Å². The molecule has 0 spiro atoms. The van der Waals surface area contributed by atoms with E-state index in [1.807, 2.05) is 26.0 Å². The van der Waals surface area contributed by atoms with Crippen LogP contribution in [0.15, 0.2) is 72.8 Å². The summed E-state index contributed by atoms with van der Waals surface area (Å²) in [6, 6.07) is 25.5. The molecule has 217 valence electrons. The first-order valence-electron chi connectivity index (χ1n) is 14.7. The van der Waals surface area contributed by atoms with Gasteiger partial charge in [0, 0.05) is 17.1 Å². The highest BCUT2D eigenvalue weighted by atomic mass is 16.7. The SMILES string of the molecule is CCC(C)c1ccc(N(c2ccc([B]OC(C)(C)C(C)(C)O)cc2)c2ccc(B3OC(C)(C)C(C)(C)O3)cc2)cc1. The predicted molar refractivity (Wildman–Crippen MR) is 172 cm³/mol. The number of benzene rings is 3. The van der Waals surface area contributed by atoms with Crippen LogP contribution in [-0.4, -0.2) is 42.1 Å². The van der Waals surface area contributed by atoms with Gasteiger partial charge < -0.3 is 24.0 Å². The normalized spacial score (nSPS) is 17.4. The summed E-state index contributed by atoms with van der Waals surface area (Å²) in [4.78, 5) is 2.25. The monoisotopic (exact) mass is 554 g/mol. The molecule has 41 heavy (non-hydrogen) atoms. The van der Waals surface area contributed by atoms with Gasteiger partial charge in [0.15, 0.2) is 0 Å². The van der Waals surface area contributed by atoms with Crippen molar-refractivity contribution in [3.05, 3.63) is 78.4 Å². The summed E-state index contributed by atoms with van der Waals surface area (Å²) in [5.41, 5.74) is 3.93. The Morgan fingerprint density at radius 2 is 1.24 bits per heavy atom. The van der Waals surface area contributed by atoms with Gasteiger partial charge in [-0.1, -0.05) is 55.7 Å². The molecule has 1 aliphatic rings. The van der Waals surface area contributed by atoms with Crippen LogP contribution < -0.4 is 15.8 Å². The molecule has 1 saturated heterocycles. The fourth-order valence-electron chi connectivity index (χ4n) is 4.46. The molecule has 1 atom stereocenters. The average molecular weight is 554 g/mol. The van der Waals surface area contributed by atoms with Crippen LogP contribution in [0.3, 0.4) is 0 Å². The lowest BCUT2D eigenvalue weighted by Gasteiger charge is -2.37. The molecule has 3 aromatic rings. The topological polar surface area (TPSA) is 51.2 Å². The van der Waals surface area contributed by atoms with Gasteiger partial charge >= 0.3 is 14.6 Å². The van der Waals surface area contributed by atoms with E-state index >= 15 is 0 Å². The predicted octanol–water partition coefficient (Wildman–Crippen LogP) is 6.78. The number of rotatable bonds is 10. The number of hydrogen-bond acceptors (Lipinski definition) is 5. The Morgan fingerprint density at radius 3 is 1.68 bits per heavy atom. The summed E-state index contributed by atoms with van der Waals surface area (Å²) < 4.78 is 18.5. The van der Waals surface area contributed by atoms with Crippen LogP contribution in [-0.2, 0) is 14.0 Å². The molecule has 5 nitrogen and oxygen atoms in total. The van der Waals surface area contributed by atoms with Crippen LogP contribution in [0.5, 0.6) is 0 Å². The summed E-state index contributed by atoms with van der Waals surface area (Å²) in [7, 11) is 1.31. The zero-order chi connectivity index (χ0) is 30.2. The standard InChI is InChI=1S/C34H46B2NO4/c1-11-24(2)25-12-18-28(19-13-25)37(29-20-14-26(15-21-29)35-39-32(5,6)31(3,4)38)30-22-16-27(17-23-30)36-40-33(7,8)34(9,10)41-36/h12-24,38H,11H2,1-10H3. The molecule has 1 aliphatic heterocycles. The van der Waals surface area contributed by atoms with E-state index in [0.717, 1.165) is 34.4 Å². The minimum Gasteiger partial charge on any atom is -0.427 e. The lowest BCUT2D eigenvalue weighted by molar-refractivity contribution is -0.0893. The quantitative estimate of drug-likeness (QED) is 0.280. The Morgan fingerprint density at radius 1 is 0.805 bits per heavy atom. The molecule has 1 heterocycles. The second kappa shape index (κ2) is 11.6. The van der Waals surface area contributed by atoms with Gasteiger partial charge in [0.1, 0.15) is 0 Å². The van der Waals surface area contributed by atoms with Gasteiger partial charge in [0.25, 0.3) is 0 Å². The maximum absolute atomic E-state index is 10.4. The molecule has 0 amide bonds. The van der Waals surface area contributed by atoms with Crippen LogP contribution in [0.4, 0.5) is 17.1 Å². The molecular weight excluding hydrogens is 508 g/mol. The van der Waals surface area contributed by atoms with E-state index in [2.05, 4.69) is 107 Å². The number of nitrogens with zero attached hydrogens (tertiary/aromatic N) is 1. The van der Waals surface area contributed by atoms with E-state index in [1.54, 1.807) is 21.3 Å². The Labute approximate surface area is 248 Å². The van der Waals surface area contributed by atoms with Gasteiger partial charge in [0.05, 0.1) is 22.4 Å². The van der Waals surface area contributed by atoms with Gasteiger partial charge in [-0.25, -0.2) is 0 Å². The number of anilines is 3. The molecule has 0 aliphatic carbocycles. The molecule has 0 aromatic heterocycles. The third-order valence-electron chi connectivity index (χ3n) is 9.12. The summed E-state index contributed by atoms with van der Waals surface area (Å²) in [5, 5.41) is 10.4. The molecule has 1 unspecified atom stereocenters. The Bertz CT molecular complexity index is 1280. The van der Waals surface area contributed by atoms with Crippen LogP contribution in [0.2, 0.25) is 0 Å². The minimum atomic E-state index is -0.978. The molecule has 1 N–H and O–H groups in total. The zero-order valence-corrected chi connectivity index (χ0v) is 26.5. The largest absolute Gasteiger partial charge is 0.494 e. The fourth-order valence-corrected chi connectivity index (χ4v) is 4.46. The highest BCUT2D eigenvalue weighted by Crippen LogP contribution is 2.38. The zero-order valence-electron chi connectivity index (χ0n) is 26.5. The molecule has 3 aromatic carbocycles. The molecule has 0 saturated carbocycles. The second-order valence-electron chi connectivity index (χ2n) is 13.3. The van der Waals surface area contributed by atoms with Gasteiger partial charge in [-0.3, -0.25) is 0 Å². The van der Waals surface area contributed by atoms with Crippen molar-refractivity contribution in [2.24, 2.45) is 0 Å². The van der Waals surface area contributed by atoms with Crippen molar-refractivity contribution in [2.75, 3.05) is 4.90 Å². The van der Waals surface area contributed by atoms with Crippen molar-refractivity contribution in [3.8, 4) is 0 Å². The molecule has 7 heteroatoms. The lowest BCUT2D eigenvalue weighted by Crippen LogP contribution is -2.49. The van der Waals surface area contributed by atoms with Crippen molar-refractivity contribution in [2.45, 2.75) is 104 Å².